The number of hydrogen-bond acceptors (Lipinski definition) is 4. The lowest BCUT2D eigenvalue weighted by Crippen LogP contribution is -2.33. The molecule has 1 saturated heterocycles. The van der Waals surface area contributed by atoms with E-state index in [2.05, 4.69) is 12.2 Å². The van der Waals surface area contributed by atoms with Crippen molar-refractivity contribution in [2.24, 2.45) is 5.92 Å². The Morgan fingerprint density at radius 2 is 2.59 bits per heavy atom. The Morgan fingerprint density at radius 1 is 1.76 bits per heavy atom. The Bertz CT molecular complexity index is 385. The van der Waals surface area contributed by atoms with E-state index in [-0.39, 0.29) is 0 Å². The zero-order valence-corrected chi connectivity index (χ0v) is 10.6. The van der Waals surface area contributed by atoms with Gasteiger partial charge in [-0.2, -0.15) is 0 Å². The van der Waals surface area contributed by atoms with Crippen LogP contribution in [0.3, 0.4) is 0 Å². The van der Waals surface area contributed by atoms with Crippen molar-refractivity contribution >= 4 is 17.3 Å². The monoisotopic (exact) mass is 255 g/mol. The summed E-state index contributed by atoms with van der Waals surface area (Å²) in [6.45, 7) is 4.58. The fraction of sp³-hybridized carbons (Fsp3) is 0.583. The molecule has 2 atom stereocenters. The Hall–Kier alpha value is -0.910. The molecule has 1 aliphatic rings. The minimum atomic E-state index is -0.857. The van der Waals surface area contributed by atoms with E-state index in [1.807, 2.05) is 0 Å². The van der Waals surface area contributed by atoms with Crippen LogP contribution in [0.15, 0.2) is 11.4 Å². The molecule has 0 spiro atoms. The lowest BCUT2D eigenvalue weighted by molar-refractivity contribution is 0.0697. The predicted molar refractivity (Wildman–Crippen MR) is 66.5 cm³/mol. The van der Waals surface area contributed by atoms with Crippen molar-refractivity contribution in [2.75, 3.05) is 13.2 Å². The normalized spacial score (nSPS) is 21.6. The Kier molecular flexibility index (Phi) is 4.15. The summed E-state index contributed by atoms with van der Waals surface area (Å²) >= 11 is 1.49. The van der Waals surface area contributed by atoms with Crippen molar-refractivity contribution in [3.8, 4) is 0 Å². The zero-order chi connectivity index (χ0) is 12.3. The molecular formula is C12H17NO3S. The van der Waals surface area contributed by atoms with Gasteiger partial charge in [0.05, 0.1) is 12.2 Å². The lowest BCUT2D eigenvalue weighted by atomic mass is 10.0. The smallest absolute Gasteiger partial charge is 0.336 e. The number of carboxylic acid groups (broad SMARTS) is 1. The van der Waals surface area contributed by atoms with E-state index in [1.54, 1.807) is 11.4 Å². The summed E-state index contributed by atoms with van der Waals surface area (Å²) in [5.41, 5.74) is 0.378. The molecule has 0 aromatic carbocycles. The third kappa shape index (κ3) is 3.28. The summed E-state index contributed by atoms with van der Waals surface area (Å²) < 4.78 is 5.35. The van der Waals surface area contributed by atoms with Crippen LogP contribution in [0.2, 0.25) is 0 Å². The van der Waals surface area contributed by atoms with Crippen molar-refractivity contribution in [2.45, 2.75) is 25.9 Å². The van der Waals surface area contributed by atoms with Crippen LogP contribution >= 0.6 is 11.3 Å². The Balaban J connectivity index is 1.82. The first-order valence-corrected chi connectivity index (χ1v) is 6.66. The molecule has 2 unspecified atom stereocenters. The van der Waals surface area contributed by atoms with Crippen LogP contribution in [-0.2, 0) is 11.3 Å². The summed E-state index contributed by atoms with van der Waals surface area (Å²) in [7, 11) is 0. The first-order valence-electron chi connectivity index (χ1n) is 5.78. The van der Waals surface area contributed by atoms with Crippen LogP contribution in [0.25, 0.3) is 0 Å². The molecule has 5 heteroatoms. The average Bonchev–Trinajstić information content (AvgIpc) is 2.97. The maximum Gasteiger partial charge on any atom is 0.336 e. The second-order valence-electron chi connectivity index (χ2n) is 4.40. The van der Waals surface area contributed by atoms with Gasteiger partial charge in [0.25, 0.3) is 0 Å². The van der Waals surface area contributed by atoms with E-state index in [0.29, 0.717) is 17.5 Å². The minimum Gasteiger partial charge on any atom is -0.478 e. The molecule has 1 aromatic heterocycles. The van der Waals surface area contributed by atoms with Crippen molar-refractivity contribution in [1.29, 1.82) is 0 Å². The minimum absolute atomic E-state index is 0.378. The number of carboxylic acids is 1. The van der Waals surface area contributed by atoms with E-state index in [4.69, 9.17) is 9.84 Å². The highest BCUT2D eigenvalue weighted by molar-refractivity contribution is 7.10. The first kappa shape index (κ1) is 12.5. The maximum absolute atomic E-state index is 10.7. The first-order chi connectivity index (χ1) is 8.16. The molecule has 0 amide bonds. The summed E-state index contributed by atoms with van der Waals surface area (Å²) in [5, 5.41) is 13.9. The quantitative estimate of drug-likeness (QED) is 0.844. The molecule has 17 heavy (non-hydrogen) atoms. The average molecular weight is 255 g/mol. The Morgan fingerprint density at radius 3 is 3.18 bits per heavy atom. The van der Waals surface area contributed by atoms with Crippen molar-refractivity contribution in [1.82, 2.24) is 5.32 Å². The number of rotatable bonds is 5. The van der Waals surface area contributed by atoms with Gasteiger partial charge in [-0.25, -0.2) is 4.79 Å². The van der Waals surface area contributed by atoms with Gasteiger partial charge in [-0.1, -0.05) is 0 Å². The number of nitrogens with one attached hydrogen (secondary N) is 1. The molecule has 0 bridgehead atoms. The molecule has 1 fully saturated rings. The molecule has 1 aliphatic heterocycles. The number of aromatic carboxylic acids is 1. The van der Waals surface area contributed by atoms with Crippen LogP contribution in [0, 0.1) is 5.92 Å². The van der Waals surface area contributed by atoms with Crippen LogP contribution < -0.4 is 5.32 Å². The summed E-state index contributed by atoms with van der Waals surface area (Å²) in [5.74, 6) is -0.279. The van der Waals surface area contributed by atoms with E-state index in [9.17, 15) is 4.79 Å². The van der Waals surface area contributed by atoms with E-state index >= 15 is 0 Å². The standard InChI is InChI=1S/C12H17NO3S/c1-8(9-2-3-16-6-9)13-5-11-4-10(7-17-11)12(14)15/h4,7-9,13H,2-3,5-6H2,1H3,(H,14,15). The van der Waals surface area contributed by atoms with Crippen molar-refractivity contribution in [3.05, 3.63) is 21.9 Å². The number of hydrogen-bond donors (Lipinski definition) is 2. The van der Waals surface area contributed by atoms with Crippen molar-refractivity contribution in [3.63, 3.8) is 0 Å². The van der Waals surface area contributed by atoms with Crippen LogP contribution in [0.4, 0.5) is 0 Å². The highest BCUT2D eigenvalue weighted by atomic mass is 32.1. The van der Waals surface area contributed by atoms with Gasteiger partial charge in [-0.15, -0.1) is 11.3 Å². The summed E-state index contributed by atoms with van der Waals surface area (Å²) in [4.78, 5) is 11.8. The predicted octanol–water partition coefficient (Wildman–Crippen LogP) is 1.96. The third-order valence-corrected chi connectivity index (χ3v) is 4.11. The molecule has 0 radical (unpaired) electrons. The van der Waals surface area contributed by atoms with E-state index in [1.165, 1.54) is 11.3 Å². The molecular weight excluding hydrogens is 238 g/mol. The van der Waals surface area contributed by atoms with Crippen LogP contribution in [0.1, 0.15) is 28.6 Å². The molecule has 0 saturated carbocycles. The van der Waals surface area contributed by atoms with Gasteiger partial charge in [0.15, 0.2) is 0 Å². The Labute approximate surface area is 105 Å². The van der Waals surface area contributed by atoms with Gasteiger partial charge < -0.3 is 15.2 Å². The van der Waals surface area contributed by atoms with E-state index in [0.717, 1.165) is 31.1 Å². The molecule has 4 nitrogen and oxygen atoms in total. The van der Waals surface area contributed by atoms with Crippen LogP contribution in [-0.4, -0.2) is 30.3 Å². The fourth-order valence-corrected chi connectivity index (χ4v) is 2.77. The van der Waals surface area contributed by atoms with Gasteiger partial charge in [0.1, 0.15) is 0 Å². The topological polar surface area (TPSA) is 58.6 Å². The van der Waals surface area contributed by atoms with Crippen LogP contribution in [0.5, 0.6) is 0 Å². The van der Waals surface area contributed by atoms with Gasteiger partial charge in [-0.3, -0.25) is 0 Å². The third-order valence-electron chi connectivity index (χ3n) is 3.17. The van der Waals surface area contributed by atoms with Crippen molar-refractivity contribution < 1.29 is 14.6 Å². The zero-order valence-electron chi connectivity index (χ0n) is 9.81. The lowest BCUT2D eigenvalue weighted by Gasteiger charge is -2.18. The summed E-state index contributed by atoms with van der Waals surface area (Å²) in [6, 6.07) is 2.14. The highest BCUT2D eigenvalue weighted by Gasteiger charge is 2.21. The highest BCUT2D eigenvalue weighted by Crippen LogP contribution is 2.18. The molecule has 2 heterocycles. The fourth-order valence-electron chi connectivity index (χ4n) is 1.96. The number of carbonyl (C=O) groups is 1. The molecule has 0 aliphatic carbocycles. The molecule has 2 N–H and O–H groups in total. The van der Waals surface area contributed by atoms with Gasteiger partial charge in [0.2, 0.25) is 0 Å². The SMILES string of the molecule is CC(NCc1cc(C(=O)O)cs1)C1CCOC1. The maximum atomic E-state index is 10.7. The molecule has 1 aromatic rings. The molecule has 2 rings (SSSR count). The van der Waals surface area contributed by atoms with E-state index < -0.39 is 5.97 Å². The molecule has 94 valence electrons. The number of thiophene rings is 1. The second kappa shape index (κ2) is 5.62. The second-order valence-corrected chi connectivity index (χ2v) is 5.40. The van der Waals surface area contributed by atoms with Gasteiger partial charge >= 0.3 is 5.97 Å². The van der Waals surface area contributed by atoms with Gasteiger partial charge in [-0.05, 0) is 25.3 Å². The summed E-state index contributed by atoms with van der Waals surface area (Å²) in [6.07, 6.45) is 1.11. The number of ether oxygens (including phenoxy) is 1. The van der Waals surface area contributed by atoms with Gasteiger partial charge in [0, 0.05) is 29.5 Å². The largest absolute Gasteiger partial charge is 0.478 e.